The number of nitrogens with one attached hydrogen (secondary N) is 2. The molecule has 0 saturated carbocycles. The standard InChI is InChI=1S/C21H30ClN3O4S2/c1-13-21(30-15(3)23-13)14(2)25-31(27,28)19-6-4-5-18(22)20(19)24-17(12-26)11-16-7-9-29-10-8-16/h4-6,14,16-17,24-26H,7-12H2,1-3H3. The van der Waals surface area contributed by atoms with Crippen LogP contribution in [0.4, 0.5) is 5.69 Å². The van der Waals surface area contributed by atoms with Crippen LogP contribution in [0.25, 0.3) is 0 Å². The van der Waals surface area contributed by atoms with Crippen molar-refractivity contribution in [1.82, 2.24) is 9.71 Å². The zero-order chi connectivity index (χ0) is 22.6. The highest BCUT2D eigenvalue weighted by Gasteiger charge is 2.27. The number of anilines is 1. The molecule has 0 amide bonds. The van der Waals surface area contributed by atoms with E-state index in [1.54, 1.807) is 19.1 Å². The summed E-state index contributed by atoms with van der Waals surface area (Å²) >= 11 is 7.87. The predicted molar refractivity (Wildman–Crippen MR) is 124 cm³/mol. The Morgan fingerprint density at radius 3 is 2.65 bits per heavy atom. The molecule has 172 valence electrons. The summed E-state index contributed by atoms with van der Waals surface area (Å²) < 4.78 is 34.7. The van der Waals surface area contributed by atoms with E-state index in [0.717, 1.165) is 28.4 Å². The molecular formula is C21H30ClN3O4S2. The lowest BCUT2D eigenvalue weighted by Crippen LogP contribution is -2.32. The maximum Gasteiger partial charge on any atom is 0.243 e. The molecule has 2 atom stereocenters. The van der Waals surface area contributed by atoms with E-state index in [4.69, 9.17) is 16.3 Å². The topological polar surface area (TPSA) is 101 Å². The van der Waals surface area contributed by atoms with Crippen LogP contribution in [0.3, 0.4) is 0 Å². The maximum atomic E-state index is 13.3. The van der Waals surface area contributed by atoms with Crippen LogP contribution in [0.15, 0.2) is 23.1 Å². The minimum atomic E-state index is -3.87. The molecule has 2 unspecified atom stereocenters. The molecule has 1 aliphatic heterocycles. The Labute approximate surface area is 193 Å². The minimum Gasteiger partial charge on any atom is -0.394 e. The van der Waals surface area contributed by atoms with Crippen LogP contribution in [-0.2, 0) is 14.8 Å². The second-order valence-corrected chi connectivity index (χ2v) is 11.3. The van der Waals surface area contributed by atoms with Crippen LogP contribution < -0.4 is 10.0 Å². The summed E-state index contributed by atoms with van der Waals surface area (Å²) in [6.07, 6.45) is 2.57. The first kappa shape index (κ1) is 24.4. The molecule has 1 aromatic carbocycles. The van der Waals surface area contributed by atoms with Crippen molar-refractivity contribution in [3.8, 4) is 0 Å². The van der Waals surface area contributed by atoms with E-state index in [2.05, 4.69) is 15.0 Å². The van der Waals surface area contributed by atoms with Gasteiger partial charge in [0, 0.05) is 24.1 Å². The number of aliphatic hydroxyl groups is 1. The highest BCUT2D eigenvalue weighted by Crippen LogP contribution is 2.33. The summed E-state index contributed by atoms with van der Waals surface area (Å²) in [4.78, 5) is 5.33. The van der Waals surface area contributed by atoms with Gasteiger partial charge in [-0.1, -0.05) is 17.7 Å². The summed E-state index contributed by atoms with van der Waals surface area (Å²) in [5.74, 6) is 0.414. The van der Waals surface area contributed by atoms with Gasteiger partial charge in [-0.2, -0.15) is 0 Å². The number of aliphatic hydroxyl groups excluding tert-OH is 1. The summed E-state index contributed by atoms with van der Waals surface area (Å²) in [6.45, 7) is 6.88. The number of nitrogens with zero attached hydrogens (tertiary/aromatic N) is 1. The van der Waals surface area contributed by atoms with Gasteiger partial charge in [0.05, 0.1) is 34.1 Å². The number of aromatic nitrogens is 1. The zero-order valence-corrected chi connectivity index (χ0v) is 20.4. The number of hydrogen-bond donors (Lipinski definition) is 3. The van der Waals surface area contributed by atoms with Crippen LogP contribution in [-0.4, -0.2) is 44.4 Å². The number of sulfonamides is 1. The lowest BCUT2D eigenvalue weighted by molar-refractivity contribution is 0.0603. The normalized spacial score (nSPS) is 17.5. The van der Waals surface area contributed by atoms with Crippen LogP contribution in [0.2, 0.25) is 5.02 Å². The molecule has 0 radical (unpaired) electrons. The summed E-state index contributed by atoms with van der Waals surface area (Å²) in [6, 6.07) is 4.05. The van der Waals surface area contributed by atoms with Gasteiger partial charge in [0.25, 0.3) is 0 Å². The van der Waals surface area contributed by atoms with Gasteiger partial charge in [-0.25, -0.2) is 18.1 Å². The Hall–Kier alpha value is -1.23. The lowest BCUT2D eigenvalue weighted by atomic mass is 9.92. The van der Waals surface area contributed by atoms with E-state index in [-0.39, 0.29) is 17.5 Å². The van der Waals surface area contributed by atoms with Gasteiger partial charge in [-0.3, -0.25) is 0 Å². The molecule has 7 nitrogen and oxygen atoms in total. The van der Waals surface area contributed by atoms with Crippen molar-refractivity contribution in [1.29, 1.82) is 0 Å². The Morgan fingerprint density at radius 1 is 1.32 bits per heavy atom. The predicted octanol–water partition coefficient (Wildman–Crippen LogP) is 4.04. The fraction of sp³-hybridized carbons (Fsp3) is 0.571. The fourth-order valence-electron chi connectivity index (χ4n) is 3.93. The first-order valence-corrected chi connectivity index (χ1v) is 13.1. The third-order valence-electron chi connectivity index (χ3n) is 5.46. The van der Waals surface area contributed by atoms with Gasteiger partial charge in [-0.05, 0) is 58.1 Å². The molecule has 1 fully saturated rings. The Bertz CT molecular complexity index is 991. The molecule has 2 heterocycles. The van der Waals surface area contributed by atoms with Crippen molar-refractivity contribution in [2.24, 2.45) is 5.92 Å². The molecule has 0 bridgehead atoms. The minimum absolute atomic E-state index is 0.0659. The van der Waals surface area contributed by atoms with Crippen molar-refractivity contribution in [3.63, 3.8) is 0 Å². The Balaban J connectivity index is 1.82. The van der Waals surface area contributed by atoms with E-state index < -0.39 is 16.1 Å². The molecule has 3 rings (SSSR count). The van der Waals surface area contributed by atoms with E-state index >= 15 is 0 Å². The smallest absolute Gasteiger partial charge is 0.243 e. The highest BCUT2D eigenvalue weighted by molar-refractivity contribution is 7.89. The van der Waals surface area contributed by atoms with Gasteiger partial charge in [0.15, 0.2) is 0 Å². The number of ether oxygens (including phenoxy) is 1. The van der Waals surface area contributed by atoms with Crippen LogP contribution in [0, 0.1) is 19.8 Å². The Kier molecular flexibility index (Phi) is 8.34. The first-order chi connectivity index (χ1) is 14.7. The number of thiazole rings is 1. The summed E-state index contributed by atoms with van der Waals surface area (Å²) in [5, 5.41) is 14.3. The molecule has 31 heavy (non-hydrogen) atoms. The molecule has 3 N–H and O–H groups in total. The molecule has 10 heteroatoms. The van der Waals surface area contributed by atoms with Gasteiger partial charge in [-0.15, -0.1) is 11.3 Å². The lowest BCUT2D eigenvalue weighted by Gasteiger charge is -2.28. The monoisotopic (exact) mass is 487 g/mol. The van der Waals surface area contributed by atoms with E-state index in [0.29, 0.717) is 36.3 Å². The summed E-state index contributed by atoms with van der Waals surface area (Å²) in [7, 11) is -3.87. The van der Waals surface area contributed by atoms with Crippen LogP contribution in [0.1, 0.15) is 47.8 Å². The molecule has 1 aliphatic rings. The quantitative estimate of drug-likeness (QED) is 0.493. The van der Waals surface area contributed by atoms with Gasteiger partial charge in [0.2, 0.25) is 10.0 Å². The third kappa shape index (κ3) is 6.18. The second-order valence-electron chi connectivity index (χ2n) is 7.95. The number of halogens is 1. The van der Waals surface area contributed by atoms with Crippen molar-refractivity contribution in [2.45, 2.75) is 57.0 Å². The van der Waals surface area contributed by atoms with E-state index in [1.165, 1.54) is 17.4 Å². The van der Waals surface area contributed by atoms with E-state index in [1.807, 2.05) is 13.8 Å². The highest BCUT2D eigenvalue weighted by atomic mass is 35.5. The number of aryl methyl sites for hydroxylation is 2. The molecule has 0 spiro atoms. The van der Waals surface area contributed by atoms with Gasteiger partial charge in [0.1, 0.15) is 4.90 Å². The number of benzene rings is 1. The average molecular weight is 488 g/mol. The average Bonchev–Trinajstić information content (AvgIpc) is 3.07. The van der Waals surface area contributed by atoms with Crippen molar-refractivity contribution in [2.75, 3.05) is 25.1 Å². The summed E-state index contributed by atoms with van der Waals surface area (Å²) in [5.41, 5.74) is 1.13. The number of hydrogen-bond acceptors (Lipinski definition) is 7. The van der Waals surface area contributed by atoms with Crippen molar-refractivity contribution < 1.29 is 18.3 Å². The van der Waals surface area contributed by atoms with Crippen LogP contribution in [0.5, 0.6) is 0 Å². The van der Waals surface area contributed by atoms with Crippen molar-refractivity contribution >= 4 is 38.6 Å². The largest absolute Gasteiger partial charge is 0.394 e. The zero-order valence-electron chi connectivity index (χ0n) is 18.0. The maximum absolute atomic E-state index is 13.3. The SMILES string of the molecule is Cc1nc(C)c(C(C)NS(=O)(=O)c2cccc(Cl)c2NC(CO)CC2CCOCC2)s1. The molecular weight excluding hydrogens is 458 g/mol. The number of rotatable bonds is 9. The molecule has 1 aromatic heterocycles. The number of para-hydroxylation sites is 1. The molecule has 2 aromatic rings. The molecule has 0 aliphatic carbocycles. The third-order valence-corrected chi connectivity index (χ3v) is 8.61. The van der Waals surface area contributed by atoms with Crippen molar-refractivity contribution in [3.05, 3.63) is 38.8 Å². The molecule has 1 saturated heterocycles. The van der Waals surface area contributed by atoms with Crippen LogP contribution >= 0.6 is 22.9 Å². The van der Waals surface area contributed by atoms with Gasteiger partial charge < -0.3 is 15.2 Å². The first-order valence-electron chi connectivity index (χ1n) is 10.4. The fourth-order valence-corrected chi connectivity index (χ4v) is 6.63. The van der Waals surface area contributed by atoms with E-state index in [9.17, 15) is 13.5 Å². The van der Waals surface area contributed by atoms with Gasteiger partial charge >= 0.3 is 0 Å². The second kappa shape index (κ2) is 10.6. The Morgan fingerprint density at radius 2 is 2.03 bits per heavy atom.